The topological polar surface area (TPSA) is 71.4 Å². The summed E-state index contributed by atoms with van der Waals surface area (Å²) < 4.78 is 22.7. The van der Waals surface area contributed by atoms with Crippen molar-refractivity contribution in [3.63, 3.8) is 0 Å². The molecule has 4 nitrogen and oxygen atoms in total. The number of carboxylic acids is 1. The molecule has 0 aliphatic rings. The molecule has 0 aliphatic carbocycles. The van der Waals surface area contributed by atoms with Gasteiger partial charge in [-0.1, -0.05) is 18.2 Å². The van der Waals surface area contributed by atoms with Crippen molar-refractivity contribution in [1.29, 1.82) is 0 Å². The maximum absolute atomic E-state index is 11.4. The van der Waals surface area contributed by atoms with Crippen LogP contribution in [-0.4, -0.2) is 25.7 Å². The minimum atomic E-state index is -3.23. The Kier molecular flexibility index (Phi) is 4.07. The van der Waals surface area contributed by atoms with Gasteiger partial charge >= 0.3 is 5.97 Å². The summed E-state index contributed by atoms with van der Waals surface area (Å²) >= 11 is 0. The summed E-state index contributed by atoms with van der Waals surface area (Å²) in [5.74, 6) is -0.913. The zero-order chi connectivity index (χ0) is 13.1. The molecule has 17 heavy (non-hydrogen) atoms. The average Bonchev–Trinajstić information content (AvgIpc) is 2.25. The molecule has 0 atom stereocenters. The Morgan fingerprint density at radius 1 is 1.41 bits per heavy atom. The number of carboxylic acid groups (broad SMARTS) is 1. The fraction of sp³-hybridized carbons (Fsp3) is 0.250. The van der Waals surface area contributed by atoms with Crippen LogP contribution in [0.3, 0.4) is 0 Å². The zero-order valence-electron chi connectivity index (χ0n) is 9.67. The summed E-state index contributed by atoms with van der Waals surface area (Å²) in [4.78, 5) is 10.7. The molecular weight excluding hydrogens is 240 g/mol. The Bertz CT molecular complexity index is 556. The van der Waals surface area contributed by atoms with E-state index in [2.05, 4.69) is 0 Å². The van der Waals surface area contributed by atoms with E-state index in [1.54, 1.807) is 31.2 Å². The number of hydrogen-bond donors (Lipinski definition) is 1. The molecule has 1 aromatic carbocycles. The summed E-state index contributed by atoms with van der Waals surface area (Å²) in [6, 6.07) is 6.46. The molecule has 0 radical (unpaired) electrons. The maximum atomic E-state index is 11.4. The van der Waals surface area contributed by atoms with Crippen molar-refractivity contribution >= 4 is 21.4 Å². The minimum Gasteiger partial charge on any atom is -0.481 e. The van der Waals surface area contributed by atoms with Crippen LogP contribution in [-0.2, 0) is 14.6 Å². The highest BCUT2D eigenvalue weighted by atomic mass is 32.2. The first-order chi connectivity index (χ1) is 7.80. The van der Waals surface area contributed by atoms with Crippen LogP contribution < -0.4 is 0 Å². The number of hydrogen-bond acceptors (Lipinski definition) is 3. The van der Waals surface area contributed by atoms with Crippen LogP contribution in [0.4, 0.5) is 0 Å². The third-order valence-corrected chi connectivity index (χ3v) is 3.41. The quantitative estimate of drug-likeness (QED) is 0.891. The van der Waals surface area contributed by atoms with Gasteiger partial charge in [-0.25, -0.2) is 8.42 Å². The summed E-state index contributed by atoms with van der Waals surface area (Å²) in [5, 5.41) is 8.55. The van der Waals surface area contributed by atoms with Gasteiger partial charge in [-0.05, 0) is 30.2 Å². The molecule has 0 aromatic heterocycles. The van der Waals surface area contributed by atoms with E-state index in [9.17, 15) is 13.2 Å². The summed E-state index contributed by atoms with van der Waals surface area (Å²) in [6.45, 7) is 1.75. The van der Waals surface area contributed by atoms with Crippen LogP contribution in [0.2, 0.25) is 0 Å². The van der Waals surface area contributed by atoms with Crippen molar-refractivity contribution in [3.05, 3.63) is 35.9 Å². The number of sulfone groups is 1. The summed E-state index contributed by atoms with van der Waals surface area (Å²) in [5.41, 5.74) is 1.46. The van der Waals surface area contributed by atoms with Crippen LogP contribution >= 0.6 is 0 Å². The molecule has 0 unspecified atom stereocenters. The van der Waals surface area contributed by atoms with Crippen molar-refractivity contribution in [2.45, 2.75) is 18.2 Å². The van der Waals surface area contributed by atoms with Crippen LogP contribution in [0.5, 0.6) is 0 Å². The van der Waals surface area contributed by atoms with E-state index in [4.69, 9.17) is 5.11 Å². The normalized spacial score (nSPS) is 12.5. The van der Waals surface area contributed by atoms with Crippen molar-refractivity contribution in [3.8, 4) is 0 Å². The Morgan fingerprint density at radius 3 is 2.59 bits per heavy atom. The summed E-state index contributed by atoms with van der Waals surface area (Å²) in [7, 11) is -3.23. The monoisotopic (exact) mass is 254 g/mol. The van der Waals surface area contributed by atoms with Gasteiger partial charge in [0, 0.05) is 6.26 Å². The molecule has 0 aliphatic heterocycles. The van der Waals surface area contributed by atoms with Gasteiger partial charge in [0.25, 0.3) is 0 Å². The standard InChI is InChI=1S/C12H14O4S/c1-9(6-7-12(13)14)10-4-3-5-11(8-10)17(2,15)16/h3-6,8H,7H2,1-2H3,(H,13,14)/b9-6+. The van der Waals surface area contributed by atoms with Crippen LogP contribution in [0.15, 0.2) is 35.2 Å². The van der Waals surface area contributed by atoms with Gasteiger partial charge in [-0.3, -0.25) is 4.79 Å². The van der Waals surface area contributed by atoms with E-state index in [1.807, 2.05) is 0 Å². The lowest BCUT2D eigenvalue weighted by atomic mass is 10.1. The van der Waals surface area contributed by atoms with Gasteiger partial charge in [0.05, 0.1) is 11.3 Å². The molecule has 0 spiro atoms. The van der Waals surface area contributed by atoms with Crippen molar-refractivity contribution < 1.29 is 18.3 Å². The van der Waals surface area contributed by atoms with E-state index >= 15 is 0 Å². The third kappa shape index (κ3) is 4.03. The number of aliphatic carboxylic acids is 1. The molecule has 1 rings (SSSR count). The molecular formula is C12H14O4S. The Balaban J connectivity index is 3.08. The molecule has 0 fully saturated rings. The van der Waals surface area contributed by atoms with E-state index in [1.165, 1.54) is 6.07 Å². The highest BCUT2D eigenvalue weighted by Gasteiger charge is 2.07. The summed E-state index contributed by atoms with van der Waals surface area (Å²) in [6.07, 6.45) is 2.63. The highest BCUT2D eigenvalue weighted by Crippen LogP contribution is 2.18. The van der Waals surface area contributed by atoms with Gasteiger partial charge in [0.15, 0.2) is 9.84 Å². The molecule has 0 saturated carbocycles. The number of rotatable bonds is 4. The second kappa shape index (κ2) is 5.14. The van der Waals surface area contributed by atoms with E-state index < -0.39 is 15.8 Å². The molecule has 0 heterocycles. The van der Waals surface area contributed by atoms with E-state index in [0.717, 1.165) is 11.8 Å². The first kappa shape index (κ1) is 13.4. The lowest BCUT2D eigenvalue weighted by Gasteiger charge is -2.04. The van der Waals surface area contributed by atoms with Gasteiger partial charge < -0.3 is 5.11 Å². The Hall–Kier alpha value is -1.62. The smallest absolute Gasteiger partial charge is 0.307 e. The predicted octanol–water partition coefficient (Wildman–Crippen LogP) is 1.97. The number of allylic oxidation sites excluding steroid dienone is 1. The lowest BCUT2D eigenvalue weighted by Crippen LogP contribution is -1.97. The predicted molar refractivity (Wildman–Crippen MR) is 65.5 cm³/mol. The van der Waals surface area contributed by atoms with E-state index in [-0.39, 0.29) is 11.3 Å². The molecule has 1 aromatic rings. The SMILES string of the molecule is C/C(=C\CC(=O)O)c1cccc(S(C)(=O)=O)c1. The first-order valence-corrected chi connectivity index (χ1v) is 6.89. The van der Waals surface area contributed by atoms with Crippen LogP contribution in [0, 0.1) is 0 Å². The zero-order valence-corrected chi connectivity index (χ0v) is 10.5. The molecule has 5 heteroatoms. The van der Waals surface area contributed by atoms with Gasteiger partial charge in [-0.2, -0.15) is 0 Å². The second-order valence-electron chi connectivity index (χ2n) is 3.78. The average molecular weight is 254 g/mol. The van der Waals surface area contributed by atoms with Gasteiger partial charge in [0.1, 0.15) is 0 Å². The largest absolute Gasteiger partial charge is 0.481 e. The first-order valence-electron chi connectivity index (χ1n) is 5.00. The molecule has 0 saturated heterocycles. The van der Waals surface area contributed by atoms with Gasteiger partial charge in [0.2, 0.25) is 0 Å². The maximum Gasteiger partial charge on any atom is 0.307 e. The Morgan fingerprint density at radius 2 is 2.06 bits per heavy atom. The Labute approximate surface area is 101 Å². The van der Waals surface area contributed by atoms with Crippen molar-refractivity contribution in [2.75, 3.05) is 6.26 Å². The minimum absolute atomic E-state index is 0.0745. The van der Waals surface area contributed by atoms with E-state index in [0.29, 0.717) is 5.56 Å². The molecule has 92 valence electrons. The third-order valence-electron chi connectivity index (χ3n) is 2.30. The molecule has 0 bridgehead atoms. The molecule has 1 N–H and O–H groups in total. The van der Waals surface area contributed by atoms with Crippen molar-refractivity contribution in [2.24, 2.45) is 0 Å². The second-order valence-corrected chi connectivity index (χ2v) is 5.80. The van der Waals surface area contributed by atoms with Crippen LogP contribution in [0.25, 0.3) is 5.57 Å². The van der Waals surface area contributed by atoms with Crippen molar-refractivity contribution in [1.82, 2.24) is 0 Å². The molecule has 0 amide bonds. The fourth-order valence-electron chi connectivity index (χ4n) is 1.33. The lowest BCUT2D eigenvalue weighted by molar-refractivity contribution is -0.135. The van der Waals surface area contributed by atoms with Crippen LogP contribution in [0.1, 0.15) is 18.9 Å². The highest BCUT2D eigenvalue weighted by molar-refractivity contribution is 7.90. The van der Waals surface area contributed by atoms with Gasteiger partial charge in [-0.15, -0.1) is 0 Å². The number of carbonyl (C=O) groups is 1. The number of benzene rings is 1. The fourth-order valence-corrected chi connectivity index (χ4v) is 2.00.